The molecule has 0 bridgehead atoms. The second-order valence-corrected chi connectivity index (χ2v) is 6.80. The van der Waals surface area contributed by atoms with E-state index in [1.165, 1.54) is 9.13 Å². The Morgan fingerprint density at radius 3 is 2.52 bits per heavy atom. The number of aryl methyl sites for hydroxylation is 2. The first-order valence-electron chi connectivity index (χ1n) is 9.06. The van der Waals surface area contributed by atoms with E-state index in [1.807, 2.05) is 18.4 Å². The Balaban J connectivity index is 2.04. The van der Waals surface area contributed by atoms with Gasteiger partial charge in [0.2, 0.25) is 11.7 Å². The van der Waals surface area contributed by atoms with Crippen LogP contribution in [0.3, 0.4) is 0 Å². The smallest absolute Gasteiger partial charge is 0.332 e. The monoisotopic (exact) mass is 392 g/mol. The molecule has 0 atom stereocenters. The van der Waals surface area contributed by atoms with Crippen LogP contribution in [0.15, 0.2) is 52.2 Å². The molecule has 3 heterocycles. The molecule has 1 amide bonds. The highest BCUT2D eigenvalue weighted by molar-refractivity contribution is 5.93. The number of rotatable bonds is 4. The van der Waals surface area contributed by atoms with Gasteiger partial charge in [0, 0.05) is 36.7 Å². The van der Waals surface area contributed by atoms with E-state index in [4.69, 9.17) is 5.73 Å². The minimum Gasteiger partial charge on any atom is -0.366 e. The van der Waals surface area contributed by atoms with Gasteiger partial charge in [0.05, 0.1) is 0 Å². The van der Waals surface area contributed by atoms with Crippen molar-refractivity contribution >= 4 is 22.8 Å². The zero-order chi connectivity index (χ0) is 20.9. The van der Waals surface area contributed by atoms with Crippen LogP contribution < -0.4 is 17.0 Å². The van der Waals surface area contributed by atoms with Crippen LogP contribution in [0, 0.1) is 6.92 Å². The summed E-state index contributed by atoms with van der Waals surface area (Å²) in [5.41, 5.74) is 7.15. The van der Waals surface area contributed by atoms with Crippen LogP contribution in [0.5, 0.6) is 0 Å². The Kier molecular flexibility index (Phi) is 4.22. The lowest BCUT2D eigenvalue weighted by atomic mass is 10.2. The summed E-state index contributed by atoms with van der Waals surface area (Å²) in [6.07, 6.45) is 5.35. The number of hydrogen-bond donors (Lipinski definition) is 1. The normalized spacial score (nSPS) is 11.8. The van der Waals surface area contributed by atoms with Crippen molar-refractivity contribution in [3.05, 3.63) is 74.7 Å². The van der Waals surface area contributed by atoms with Gasteiger partial charge in [-0.15, -0.1) is 0 Å². The third-order valence-corrected chi connectivity index (χ3v) is 4.96. The van der Waals surface area contributed by atoms with Gasteiger partial charge in [-0.2, -0.15) is 4.98 Å². The first-order chi connectivity index (χ1) is 13.8. The van der Waals surface area contributed by atoms with Gasteiger partial charge in [-0.05, 0) is 38.1 Å². The van der Waals surface area contributed by atoms with Crippen molar-refractivity contribution in [3.8, 4) is 5.69 Å². The minimum atomic E-state index is -0.505. The summed E-state index contributed by atoms with van der Waals surface area (Å²) in [6, 6.07) is 6.79. The first kappa shape index (κ1) is 18.5. The molecule has 2 N–H and O–H groups in total. The summed E-state index contributed by atoms with van der Waals surface area (Å²) in [5, 5.41) is 0. The molecule has 9 heteroatoms. The molecule has 0 spiro atoms. The molecule has 148 valence electrons. The molecule has 0 aliphatic heterocycles. The van der Waals surface area contributed by atoms with Crippen molar-refractivity contribution in [1.82, 2.24) is 23.1 Å². The van der Waals surface area contributed by atoms with E-state index >= 15 is 0 Å². The Bertz CT molecular complexity index is 1410. The zero-order valence-electron chi connectivity index (χ0n) is 16.3. The van der Waals surface area contributed by atoms with Gasteiger partial charge in [0.25, 0.3) is 5.56 Å². The molecule has 0 saturated heterocycles. The lowest BCUT2D eigenvalue weighted by Gasteiger charge is -2.06. The first-order valence-corrected chi connectivity index (χ1v) is 9.06. The van der Waals surface area contributed by atoms with Crippen LogP contribution in [0.4, 0.5) is 0 Å². The van der Waals surface area contributed by atoms with Crippen LogP contribution in [0.1, 0.15) is 23.0 Å². The van der Waals surface area contributed by atoms with Crippen molar-refractivity contribution in [3.63, 3.8) is 0 Å². The minimum absolute atomic E-state index is 0.194. The largest absolute Gasteiger partial charge is 0.366 e. The Labute approximate surface area is 164 Å². The van der Waals surface area contributed by atoms with E-state index in [0.29, 0.717) is 22.5 Å². The molecule has 1 aromatic carbocycles. The molecule has 3 aromatic heterocycles. The molecule has 9 nitrogen and oxygen atoms in total. The number of imidazole rings is 2. The van der Waals surface area contributed by atoms with E-state index < -0.39 is 17.2 Å². The SMILES string of the molecule is C/C=C/Cn1c(=O)c2c(nc3n(-c4ccc(C(N)=O)cc4)c(C)cn23)n(C)c1=O. The lowest BCUT2D eigenvalue weighted by molar-refractivity contribution is 0.100. The topological polar surface area (TPSA) is 109 Å². The van der Waals surface area contributed by atoms with E-state index in [0.717, 1.165) is 11.4 Å². The summed E-state index contributed by atoms with van der Waals surface area (Å²) in [5.74, 6) is -0.00522. The zero-order valence-corrected chi connectivity index (χ0v) is 16.3. The molecule has 0 unspecified atom stereocenters. The quantitative estimate of drug-likeness (QED) is 0.525. The number of aromatic nitrogens is 5. The van der Waals surface area contributed by atoms with Crippen molar-refractivity contribution in [2.75, 3.05) is 0 Å². The van der Waals surface area contributed by atoms with Gasteiger partial charge >= 0.3 is 5.69 Å². The van der Waals surface area contributed by atoms with E-state index in [-0.39, 0.29) is 6.54 Å². The predicted molar refractivity (Wildman–Crippen MR) is 110 cm³/mol. The number of primary amides is 1. The highest BCUT2D eigenvalue weighted by Crippen LogP contribution is 2.21. The van der Waals surface area contributed by atoms with Gasteiger partial charge in [-0.1, -0.05) is 12.2 Å². The molecule has 4 aromatic rings. The average Bonchev–Trinajstić information content (AvgIpc) is 3.21. The third kappa shape index (κ3) is 2.70. The second-order valence-electron chi connectivity index (χ2n) is 6.80. The summed E-state index contributed by atoms with van der Waals surface area (Å²) >= 11 is 0. The fraction of sp³-hybridized carbons (Fsp3) is 0.200. The van der Waals surface area contributed by atoms with Crippen LogP contribution >= 0.6 is 0 Å². The lowest BCUT2D eigenvalue weighted by Crippen LogP contribution is -2.39. The molecule has 0 aliphatic carbocycles. The summed E-state index contributed by atoms with van der Waals surface area (Å²) in [6.45, 7) is 3.92. The Hall–Kier alpha value is -3.88. The molecule has 0 aliphatic rings. The number of benzene rings is 1. The molecule has 0 saturated carbocycles. The number of fused-ring (bicyclic) bond motifs is 3. The van der Waals surface area contributed by atoms with E-state index in [2.05, 4.69) is 4.98 Å². The molecule has 29 heavy (non-hydrogen) atoms. The Morgan fingerprint density at radius 2 is 1.90 bits per heavy atom. The van der Waals surface area contributed by atoms with Crippen LogP contribution in [0.25, 0.3) is 22.6 Å². The average molecular weight is 392 g/mol. The van der Waals surface area contributed by atoms with Gasteiger partial charge < -0.3 is 5.73 Å². The number of amides is 1. The summed E-state index contributed by atoms with van der Waals surface area (Å²) < 4.78 is 6.11. The number of carbonyl (C=O) groups is 1. The summed E-state index contributed by atoms with van der Waals surface area (Å²) in [4.78, 5) is 41.6. The summed E-state index contributed by atoms with van der Waals surface area (Å²) in [7, 11) is 1.60. The van der Waals surface area contributed by atoms with Crippen molar-refractivity contribution in [1.29, 1.82) is 0 Å². The van der Waals surface area contributed by atoms with E-state index in [1.54, 1.807) is 54.1 Å². The van der Waals surface area contributed by atoms with Gasteiger partial charge in [-0.25, -0.2) is 4.79 Å². The highest BCUT2D eigenvalue weighted by atomic mass is 16.2. The standard InChI is InChI=1S/C20H20N6O3/c1-4-5-10-24-18(28)15-17(23(3)20(24)29)22-19-25(15)11-12(2)26(19)14-8-6-13(7-9-14)16(21)27/h4-9,11H,10H2,1-3H3,(H2,21,27)/b5-4+. The fourth-order valence-electron chi connectivity index (χ4n) is 3.48. The van der Waals surface area contributed by atoms with E-state index in [9.17, 15) is 14.4 Å². The second kappa shape index (κ2) is 6.62. The van der Waals surface area contributed by atoms with Gasteiger partial charge in [-0.3, -0.25) is 27.7 Å². The van der Waals surface area contributed by atoms with Crippen LogP contribution in [-0.2, 0) is 13.6 Å². The molecular formula is C20H20N6O3. The molecule has 4 rings (SSSR count). The number of nitrogens with zero attached hydrogens (tertiary/aromatic N) is 5. The number of allylic oxidation sites excluding steroid dienone is 2. The maximum Gasteiger partial charge on any atom is 0.332 e. The van der Waals surface area contributed by atoms with Crippen molar-refractivity contribution in [2.45, 2.75) is 20.4 Å². The van der Waals surface area contributed by atoms with Crippen molar-refractivity contribution < 1.29 is 4.79 Å². The fourth-order valence-corrected chi connectivity index (χ4v) is 3.48. The molecular weight excluding hydrogens is 372 g/mol. The van der Waals surface area contributed by atoms with Crippen molar-refractivity contribution in [2.24, 2.45) is 12.8 Å². The number of carbonyl (C=O) groups excluding carboxylic acids is 1. The number of nitrogens with two attached hydrogens (primary N) is 1. The third-order valence-electron chi connectivity index (χ3n) is 4.96. The van der Waals surface area contributed by atoms with Gasteiger partial charge in [0.15, 0.2) is 11.2 Å². The predicted octanol–water partition coefficient (Wildman–Crippen LogP) is 1.12. The van der Waals surface area contributed by atoms with Crippen LogP contribution in [0.2, 0.25) is 0 Å². The molecule has 0 fully saturated rings. The van der Waals surface area contributed by atoms with Gasteiger partial charge in [0.1, 0.15) is 0 Å². The van der Waals surface area contributed by atoms with Crippen LogP contribution in [-0.4, -0.2) is 29.0 Å². The maximum absolute atomic E-state index is 13.1. The highest BCUT2D eigenvalue weighted by Gasteiger charge is 2.20. The molecule has 0 radical (unpaired) electrons. The Morgan fingerprint density at radius 1 is 1.21 bits per heavy atom. The number of hydrogen-bond acceptors (Lipinski definition) is 4. The maximum atomic E-state index is 13.1.